The highest BCUT2D eigenvalue weighted by atomic mass is 14.2. The van der Waals surface area contributed by atoms with Gasteiger partial charge in [0.05, 0.1) is 0 Å². The monoisotopic (exact) mass is 216 g/mol. The van der Waals surface area contributed by atoms with E-state index in [1.165, 1.54) is 36.0 Å². The third-order valence-corrected chi connectivity index (χ3v) is 2.94. The zero-order chi connectivity index (χ0) is 12.2. The van der Waals surface area contributed by atoms with Gasteiger partial charge < -0.3 is 0 Å². The lowest BCUT2D eigenvalue weighted by Crippen LogP contribution is -2.11. The molecule has 0 aliphatic rings. The molecule has 0 nitrogen and oxygen atoms in total. The SMILES string of the molecule is C=Cc1cc(CCCC)cc(C(C)(C)C)c1. The molecule has 0 aromatic heterocycles. The van der Waals surface area contributed by atoms with Crippen molar-refractivity contribution in [1.29, 1.82) is 0 Å². The van der Waals surface area contributed by atoms with Gasteiger partial charge in [0, 0.05) is 0 Å². The fourth-order valence-electron chi connectivity index (χ4n) is 1.79. The van der Waals surface area contributed by atoms with E-state index in [9.17, 15) is 0 Å². The summed E-state index contributed by atoms with van der Waals surface area (Å²) in [6.45, 7) is 12.9. The van der Waals surface area contributed by atoms with E-state index in [1.807, 2.05) is 6.08 Å². The molecule has 1 rings (SSSR count). The van der Waals surface area contributed by atoms with Crippen LogP contribution in [0.1, 0.15) is 57.2 Å². The van der Waals surface area contributed by atoms with E-state index in [2.05, 4.69) is 52.5 Å². The van der Waals surface area contributed by atoms with Crippen LogP contribution in [-0.2, 0) is 11.8 Å². The van der Waals surface area contributed by atoms with Crippen LogP contribution in [0.5, 0.6) is 0 Å². The molecule has 0 N–H and O–H groups in total. The van der Waals surface area contributed by atoms with Gasteiger partial charge in [-0.1, -0.05) is 65.0 Å². The van der Waals surface area contributed by atoms with Gasteiger partial charge >= 0.3 is 0 Å². The molecule has 0 aliphatic heterocycles. The Labute approximate surface area is 100 Å². The first-order valence-corrected chi connectivity index (χ1v) is 6.24. The summed E-state index contributed by atoms with van der Waals surface area (Å²) >= 11 is 0. The summed E-state index contributed by atoms with van der Waals surface area (Å²) in [5.41, 5.74) is 4.33. The predicted molar refractivity (Wildman–Crippen MR) is 73.8 cm³/mol. The van der Waals surface area contributed by atoms with Crippen molar-refractivity contribution in [2.75, 3.05) is 0 Å². The Bertz CT molecular complexity index is 353. The normalized spacial score (nSPS) is 11.5. The molecule has 0 saturated carbocycles. The van der Waals surface area contributed by atoms with Crippen LogP contribution in [0.3, 0.4) is 0 Å². The number of hydrogen-bond donors (Lipinski definition) is 0. The van der Waals surface area contributed by atoms with Crippen molar-refractivity contribution in [1.82, 2.24) is 0 Å². The molecule has 0 fully saturated rings. The van der Waals surface area contributed by atoms with Crippen LogP contribution in [0.15, 0.2) is 24.8 Å². The molecule has 0 saturated heterocycles. The first kappa shape index (κ1) is 13.0. The van der Waals surface area contributed by atoms with E-state index in [0.29, 0.717) is 0 Å². The number of hydrogen-bond acceptors (Lipinski definition) is 0. The van der Waals surface area contributed by atoms with Gasteiger partial charge in [-0.25, -0.2) is 0 Å². The summed E-state index contributed by atoms with van der Waals surface area (Å²) in [5.74, 6) is 0. The van der Waals surface area contributed by atoms with E-state index in [-0.39, 0.29) is 5.41 Å². The second kappa shape index (κ2) is 5.34. The summed E-state index contributed by atoms with van der Waals surface area (Å²) < 4.78 is 0. The van der Waals surface area contributed by atoms with Gasteiger partial charge in [0.2, 0.25) is 0 Å². The van der Waals surface area contributed by atoms with Crippen molar-refractivity contribution < 1.29 is 0 Å². The standard InChI is InChI=1S/C16H24/c1-6-8-9-14-10-13(7-2)11-15(12-14)16(3,4)5/h7,10-12H,2,6,8-9H2,1,3-5H3. The van der Waals surface area contributed by atoms with E-state index >= 15 is 0 Å². The Hall–Kier alpha value is -1.04. The van der Waals surface area contributed by atoms with Crippen molar-refractivity contribution >= 4 is 6.08 Å². The molecule has 0 radical (unpaired) electrons. The summed E-state index contributed by atoms with van der Waals surface area (Å²) in [6, 6.07) is 6.86. The van der Waals surface area contributed by atoms with E-state index in [0.717, 1.165) is 0 Å². The third-order valence-electron chi connectivity index (χ3n) is 2.94. The maximum absolute atomic E-state index is 3.88. The van der Waals surface area contributed by atoms with Gasteiger partial charge in [-0.15, -0.1) is 0 Å². The topological polar surface area (TPSA) is 0 Å². The molecule has 0 bridgehead atoms. The van der Waals surface area contributed by atoms with Gasteiger partial charge in [0.15, 0.2) is 0 Å². The van der Waals surface area contributed by atoms with Crippen LogP contribution >= 0.6 is 0 Å². The summed E-state index contributed by atoms with van der Waals surface area (Å²) in [6.07, 6.45) is 5.65. The maximum Gasteiger partial charge on any atom is -0.0132 e. The van der Waals surface area contributed by atoms with Crippen LogP contribution in [0.4, 0.5) is 0 Å². The van der Waals surface area contributed by atoms with Gasteiger partial charge in [-0.05, 0) is 34.9 Å². The van der Waals surface area contributed by atoms with Crippen molar-refractivity contribution in [2.45, 2.75) is 52.4 Å². The fraction of sp³-hybridized carbons (Fsp3) is 0.500. The Kier molecular flexibility index (Phi) is 4.35. The van der Waals surface area contributed by atoms with Gasteiger partial charge in [0.1, 0.15) is 0 Å². The van der Waals surface area contributed by atoms with Gasteiger partial charge in [0.25, 0.3) is 0 Å². The minimum absolute atomic E-state index is 0.222. The molecule has 0 heterocycles. The number of aryl methyl sites for hydroxylation is 1. The Morgan fingerprint density at radius 3 is 2.38 bits per heavy atom. The van der Waals surface area contributed by atoms with Crippen LogP contribution in [-0.4, -0.2) is 0 Å². The highest BCUT2D eigenvalue weighted by molar-refractivity contribution is 5.51. The Balaban J connectivity index is 3.06. The predicted octanol–water partition coefficient (Wildman–Crippen LogP) is 4.97. The molecule has 1 aromatic rings. The van der Waals surface area contributed by atoms with Crippen LogP contribution in [0.25, 0.3) is 6.08 Å². The summed E-state index contributed by atoms with van der Waals surface area (Å²) in [4.78, 5) is 0. The van der Waals surface area contributed by atoms with Crippen LogP contribution < -0.4 is 0 Å². The average molecular weight is 216 g/mol. The first-order chi connectivity index (χ1) is 7.47. The highest BCUT2D eigenvalue weighted by Crippen LogP contribution is 2.25. The fourth-order valence-corrected chi connectivity index (χ4v) is 1.79. The zero-order valence-corrected chi connectivity index (χ0v) is 11.1. The van der Waals surface area contributed by atoms with Crippen molar-refractivity contribution in [2.24, 2.45) is 0 Å². The largest absolute Gasteiger partial charge is 0.0985 e. The molecule has 16 heavy (non-hydrogen) atoms. The number of benzene rings is 1. The lowest BCUT2D eigenvalue weighted by atomic mass is 9.84. The average Bonchev–Trinajstić information content (AvgIpc) is 2.24. The van der Waals surface area contributed by atoms with Crippen LogP contribution in [0, 0.1) is 0 Å². The molecule has 0 amide bonds. The van der Waals surface area contributed by atoms with Gasteiger partial charge in [-0.2, -0.15) is 0 Å². The summed E-state index contributed by atoms with van der Waals surface area (Å²) in [5, 5.41) is 0. The van der Waals surface area contributed by atoms with E-state index in [4.69, 9.17) is 0 Å². The first-order valence-electron chi connectivity index (χ1n) is 6.24. The van der Waals surface area contributed by atoms with E-state index < -0.39 is 0 Å². The Morgan fingerprint density at radius 2 is 1.88 bits per heavy atom. The molecule has 0 atom stereocenters. The van der Waals surface area contributed by atoms with Crippen molar-refractivity contribution in [3.63, 3.8) is 0 Å². The lowest BCUT2D eigenvalue weighted by molar-refractivity contribution is 0.588. The van der Waals surface area contributed by atoms with Crippen LogP contribution in [0.2, 0.25) is 0 Å². The second-order valence-corrected chi connectivity index (χ2v) is 5.52. The van der Waals surface area contributed by atoms with Gasteiger partial charge in [-0.3, -0.25) is 0 Å². The van der Waals surface area contributed by atoms with Crippen molar-refractivity contribution in [3.05, 3.63) is 41.5 Å². The molecule has 1 aromatic carbocycles. The molecule has 88 valence electrons. The second-order valence-electron chi connectivity index (χ2n) is 5.52. The smallest absolute Gasteiger partial charge is 0.0132 e. The lowest BCUT2D eigenvalue weighted by Gasteiger charge is -2.21. The quantitative estimate of drug-likeness (QED) is 0.666. The minimum Gasteiger partial charge on any atom is -0.0985 e. The summed E-state index contributed by atoms with van der Waals surface area (Å²) in [7, 11) is 0. The van der Waals surface area contributed by atoms with E-state index in [1.54, 1.807) is 0 Å². The molecular formula is C16H24. The Morgan fingerprint density at radius 1 is 1.19 bits per heavy atom. The van der Waals surface area contributed by atoms with Crippen molar-refractivity contribution in [3.8, 4) is 0 Å². The molecule has 0 spiro atoms. The minimum atomic E-state index is 0.222. The zero-order valence-electron chi connectivity index (χ0n) is 11.1. The molecule has 0 aliphatic carbocycles. The third kappa shape index (κ3) is 3.52. The molecular weight excluding hydrogens is 192 g/mol. The number of unbranched alkanes of at least 4 members (excludes halogenated alkanes) is 1. The number of rotatable bonds is 4. The molecule has 0 heteroatoms. The maximum atomic E-state index is 3.88. The highest BCUT2D eigenvalue weighted by Gasteiger charge is 2.14. The molecule has 0 unspecified atom stereocenters.